The van der Waals surface area contributed by atoms with Gasteiger partial charge in [0, 0.05) is 5.56 Å². The quantitative estimate of drug-likeness (QED) is 0.341. The number of hydrogen-bond donors (Lipinski definition) is 1. The zero-order valence-electron chi connectivity index (χ0n) is 8.04. The van der Waals surface area contributed by atoms with Crippen LogP contribution in [0.2, 0.25) is 0 Å². The fourth-order valence-corrected chi connectivity index (χ4v) is 1.43. The topological polar surface area (TPSA) is 77.4 Å². The standard InChI is InChI=1S/C9H8O4S.Na/c1-2-7-4-3-5-8(6-7)9(10)14(11,12)13;/h1,3-6,9-10H,(H,11,12,13);/q;+1/p-1. The molecule has 15 heavy (non-hydrogen) atoms. The van der Waals surface area contributed by atoms with E-state index in [1.165, 1.54) is 18.2 Å². The summed E-state index contributed by atoms with van der Waals surface area (Å²) in [6.45, 7) is 0. The summed E-state index contributed by atoms with van der Waals surface area (Å²) in [4.78, 5) is 0. The molecule has 0 aliphatic rings. The molecule has 0 saturated heterocycles. The van der Waals surface area contributed by atoms with Crippen LogP contribution in [-0.4, -0.2) is 18.1 Å². The Morgan fingerprint density at radius 2 is 2.07 bits per heavy atom. The molecule has 0 bridgehead atoms. The Hall–Kier alpha value is -0.350. The summed E-state index contributed by atoms with van der Waals surface area (Å²) in [6, 6.07) is 5.63. The van der Waals surface area contributed by atoms with Gasteiger partial charge in [-0.2, -0.15) is 0 Å². The van der Waals surface area contributed by atoms with Crippen molar-refractivity contribution in [2.75, 3.05) is 0 Å². The van der Waals surface area contributed by atoms with Crippen LogP contribution in [0.3, 0.4) is 0 Å². The molecular weight excluding hydrogens is 227 g/mol. The maximum Gasteiger partial charge on any atom is 1.00 e. The summed E-state index contributed by atoms with van der Waals surface area (Å²) >= 11 is 0. The zero-order chi connectivity index (χ0) is 10.8. The molecule has 1 aromatic rings. The second-order valence-corrected chi connectivity index (χ2v) is 4.05. The number of terminal acetylenes is 1. The van der Waals surface area contributed by atoms with Gasteiger partial charge in [-0.1, -0.05) is 18.1 Å². The van der Waals surface area contributed by atoms with Gasteiger partial charge >= 0.3 is 29.6 Å². The molecule has 0 radical (unpaired) electrons. The average Bonchev–Trinajstić information content (AvgIpc) is 2.15. The normalized spacial score (nSPS) is 12.3. The summed E-state index contributed by atoms with van der Waals surface area (Å²) < 4.78 is 31.4. The minimum atomic E-state index is -4.74. The maximum atomic E-state index is 10.5. The average molecular weight is 234 g/mol. The second kappa shape index (κ2) is 5.66. The van der Waals surface area contributed by atoms with Crippen molar-refractivity contribution >= 4 is 10.1 Å². The Labute approximate surface area is 110 Å². The SMILES string of the molecule is C#Cc1cccc(C(O)S(=O)(=O)[O-])c1.[Na+]. The van der Waals surface area contributed by atoms with Gasteiger partial charge in [-0.15, -0.1) is 6.42 Å². The van der Waals surface area contributed by atoms with Crippen molar-refractivity contribution in [2.24, 2.45) is 0 Å². The van der Waals surface area contributed by atoms with E-state index in [1.54, 1.807) is 6.07 Å². The number of rotatable bonds is 2. The number of aliphatic hydroxyl groups is 1. The van der Waals surface area contributed by atoms with Crippen LogP contribution < -0.4 is 29.6 Å². The predicted octanol–water partition coefficient (Wildman–Crippen LogP) is -2.79. The van der Waals surface area contributed by atoms with E-state index in [2.05, 4.69) is 5.92 Å². The van der Waals surface area contributed by atoms with Gasteiger partial charge in [-0.3, -0.25) is 0 Å². The first kappa shape index (κ1) is 14.6. The number of benzene rings is 1. The molecule has 1 unspecified atom stereocenters. The Balaban J connectivity index is 0.00000196. The molecule has 6 heteroatoms. The van der Waals surface area contributed by atoms with Crippen LogP contribution in [0.4, 0.5) is 0 Å². The summed E-state index contributed by atoms with van der Waals surface area (Å²) in [5, 5.41) is 9.11. The van der Waals surface area contributed by atoms with Crippen LogP contribution in [0, 0.1) is 12.3 Å². The number of aliphatic hydroxyl groups excluding tert-OH is 1. The van der Waals surface area contributed by atoms with Crippen molar-refractivity contribution < 1.29 is 47.6 Å². The summed E-state index contributed by atoms with van der Waals surface area (Å²) in [7, 11) is -4.74. The first-order valence-corrected chi connectivity index (χ1v) is 5.11. The van der Waals surface area contributed by atoms with Gasteiger partial charge in [0.25, 0.3) is 0 Å². The molecule has 4 nitrogen and oxygen atoms in total. The van der Waals surface area contributed by atoms with E-state index in [-0.39, 0.29) is 35.1 Å². The van der Waals surface area contributed by atoms with E-state index < -0.39 is 15.6 Å². The minimum Gasteiger partial charge on any atom is -0.746 e. The Morgan fingerprint density at radius 3 is 2.53 bits per heavy atom. The van der Waals surface area contributed by atoms with E-state index in [1.807, 2.05) is 0 Å². The molecule has 0 aromatic heterocycles. The molecule has 74 valence electrons. The van der Waals surface area contributed by atoms with Crippen LogP contribution in [-0.2, 0) is 10.1 Å². The van der Waals surface area contributed by atoms with E-state index in [0.29, 0.717) is 5.56 Å². The number of hydrogen-bond acceptors (Lipinski definition) is 4. The van der Waals surface area contributed by atoms with Crippen LogP contribution in [0.1, 0.15) is 16.6 Å². The van der Waals surface area contributed by atoms with E-state index in [4.69, 9.17) is 11.5 Å². The fraction of sp³-hybridized carbons (Fsp3) is 0.111. The van der Waals surface area contributed by atoms with Crippen LogP contribution in [0.15, 0.2) is 24.3 Å². The molecule has 1 rings (SSSR count). The fourth-order valence-electron chi connectivity index (χ4n) is 0.949. The van der Waals surface area contributed by atoms with Crippen molar-refractivity contribution in [1.29, 1.82) is 0 Å². The van der Waals surface area contributed by atoms with Crippen LogP contribution in [0.25, 0.3) is 0 Å². The van der Waals surface area contributed by atoms with Gasteiger partial charge in [0.15, 0.2) is 5.44 Å². The zero-order valence-corrected chi connectivity index (χ0v) is 10.9. The van der Waals surface area contributed by atoms with Crippen molar-refractivity contribution in [1.82, 2.24) is 0 Å². The molecule has 1 aromatic carbocycles. The molecule has 0 spiro atoms. The van der Waals surface area contributed by atoms with E-state index in [9.17, 15) is 13.0 Å². The largest absolute Gasteiger partial charge is 1.00 e. The van der Waals surface area contributed by atoms with Crippen molar-refractivity contribution in [3.8, 4) is 12.3 Å². The first-order chi connectivity index (χ1) is 6.45. The Kier molecular flexibility index (Phi) is 5.53. The van der Waals surface area contributed by atoms with Gasteiger partial charge in [0.2, 0.25) is 0 Å². The molecule has 1 atom stereocenters. The molecule has 0 saturated carbocycles. The Morgan fingerprint density at radius 1 is 1.47 bits per heavy atom. The molecule has 0 aliphatic carbocycles. The van der Waals surface area contributed by atoms with Crippen molar-refractivity contribution in [3.63, 3.8) is 0 Å². The monoisotopic (exact) mass is 234 g/mol. The van der Waals surface area contributed by atoms with Gasteiger partial charge < -0.3 is 9.66 Å². The molecule has 0 heterocycles. The predicted molar refractivity (Wildman–Crippen MR) is 49.0 cm³/mol. The minimum absolute atomic E-state index is 0. The second-order valence-electron chi connectivity index (χ2n) is 2.61. The van der Waals surface area contributed by atoms with Crippen molar-refractivity contribution in [2.45, 2.75) is 5.44 Å². The van der Waals surface area contributed by atoms with Gasteiger partial charge in [-0.05, 0) is 17.7 Å². The van der Waals surface area contributed by atoms with Gasteiger partial charge in [0.1, 0.15) is 10.1 Å². The third-order valence-electron chi connectivity index (χ3n) is 1.61. The first-order valence-electron chi connectivity index (χ1n) is 3.64. The van der Waals surface area contributed by atoms with Gasteiger partial charge in [-0.25, -0.2) is 8.42 Å². The summed E-state index contributed by atoms with van der Waals surface area (Å²) in [6.07, 6.45) is 5.07. The van der Waals surface area contributed by atoms with Crippen molar-refractivity contribution in [3.05, 3.63) is 35.4 Å². The molecule has 1 N–H and O–H groups in total. The molecule has 0 fully saturated rings. The summed E-state index contributed by atoms with van der Waals surface area (Å²) in [5.41, 5.74) is -1.67. The van der Waals surface area contributed by atoms with Gasteiger partial charge in [0.05, 0.1) is 0 Å². The molecular formula is C9H7NaO4S. The third kappa shape index (κ3) is 3.95. The van der Waals surface area contributed by atoms with Crippen LogP contribution >= 0.6 is 0 Å². The Bertz CT molecular complexity index is 475. The van der Waals surface area contributed by atoms with E-state index in [0.717, 1.165) is 0 Å². The van der Waals surface area contributed by atoms with Crippen LogP contribution in [0.5, 0.6) is 0 Å². The molecule has 0 aliphatic heterocycles. The smallest absolute Gasteiger partial charge is 0.746 e. The summed E-state index contributed by atoms with van der Waals surface area (Å²) in [5.74, 6) is 2.27. The third-order valence-corrected chi connectivity index (χ3v) is 2.43. The van der Waals surface area contributed by atoms with E-state index >= 15 is 0 Å². The molecule has 0 amide bonds. The maximum absolute atomic E-state index is 10.5.